The van der Waals surface area contributed by atoms with Crippen LogP contribution < -0.4 is 10.5 Å². The van der Waals surface area contributed by atoms with Gasteiger partial charge >= 0.3 is 0 Å². The SMILES string of the molecule is Nc1cc(Cl)ccc1S(=O)(=O)NCC1CCC1. The Hall–Kier alpha value is -0.780. The summed E-state index contributed by atoms with van der Waals surface area (Å²) in [5.41, 5.74) is 5.84. The lowest BCUT2D eigenvalue weighted by molar-refractivity contribution is 0.316. The van der Waals surface area contributed by atoms with Crippen molar-refractivity contribution in [2.75, 3.05) is 12.3 Å². The van der Waals surface area contributed by atoms with Crippen molar-refractivity contribution in [3.05, 3.63) is 23.2 Å². The minimum absolute atomic E-state index is 0.0984. The quantitative estimate of drug-likeness (QED) is 0.825. The highest BCUT2D eigenvalue weighted by Gasteiger charge is 2.22. The van der Waals surface area contributed by atoms with Crippen LogP contribution in [0.25, 0.3) is 0 Å². The summed E-state index contributed by atoms with van der Waals surface area (Å²) in [5, 5.41) is 0.431. The van der Waals surface area contributed by atoms with Crippen molar-refractivity contribution in [2.24, 2.45) is 5.92 Å². The number of benzene rings is 1. The van der Waals surface area contributed by atoms with Gasteiger partial charge in [0.25, 0.3) is 0 Å². The molecule has 94 valence electrons. The van der Waals surface area contributed by atoms with E-state index in [0.29, 0.717) is 17.5 Å². The summed E-state index contributed by atoms with van der Waals surface area (Å²) in [5.74, 6) is 0.471. The van der Waals surface area contributed by atoms with E-state index in [-0.39, 0.29) is 10.6 Å². The monoisotopic (exact) mass is 274 g/mol. The van der Waals surface area contributed by atoms with Crippen LogP contribution in [0.1, 0.15) is 19.3 Å². The summed E-state index contributed by atoms with van der Waals surface area (Å²) < 4.78 is 26.5. The summed E-state index contributed by atoms with van der Waals surface area (Å²) >= 11 is 5.73. The number of rotatable bonds is 4. The van der Waals surface area contributed by atoms with Crippen LogP contribution >= 0.6 is 11.6 Å². The maximum absolute atomic E-state index is 12.0. The molecular weight excluding hydrogens is 260 g/mol. The Morgan fingerprint density at radius 3 is 2.65 bits per heavy atom. The zero-order valence-corrected chi connectivity index (χ0v) is 10.9. The van der Waals surface area contributed by atoms with Crippen molar-refractivity contribution < 1.29 is 8.42 Å². The number of nitrogens with one attached hydrogen (secondary N) is 1. The third-order valence-corrected chi connectivity index (χ3v) is 4.78. The van der Waals surface area contributed by atoms with Gasteiger partial charge < -0.3 is 5.73 Å². The standard InChI is InChI=1S/C11H15ClN2O2S/c12-9-4-5-11(10(13)6-9)17(15,16)14-7-8-2-1-3-8/h4-6,8,14H,1-3,7,13H2. The zero-order chi connectivity index (χ0) is 12.5. The topological polar surface area (TPSA) is 72.2 Å². The van der Waals surface area contributed by atoms with Crippen molar-refractivity contribution in [3.63, 3.8) is 0 Å². The van der Waals surface area contributed by atoms with Gasteiger partial charge in [0, 0.05) is 11.6 Å². The van der Waals surface area contributed by atoms with Crippen LogP contribution in [-0.4, -0.2) is 15.0 Å². The van der Waals surface area contributed by atoms with Crippen LogP contribution in [0, 0.1) is 5.92 Å². The van der Waals surface area contributed by atoms with E-state index in [1.54, 1.807) is 0 Å². The highest BCUT2D eigenvalue weighted by molar-refractivity contribution is 7.89. The largest absolute Gasteiger partial charge is 0.398 e. The molecule has 0 bridgehead atoms. The molecule has 0 unspecified atom stereocenters. The maximum atomic E-state index is 12.0. The first kappa shape index (κ1) is 12.7. The van der Waals surface area contributed by atoms with Gasteiger partial charge in [0.15, 0.2) is 0 Å². The van der Waals surface area contributed by atoms with E-state index >= 15 is 0 Å². The number of nitrogen functional groups attached to an aromatic ring is 1. The minimum Gasteiger partial charge on any atom is -0.398 e. The molecule has 0 amide bonds. The summed E-state index contributed by atoms with van der Waals surface area (Å²) in [7, 11) is -3.51. The van der Waals surface area contributed by atoms with E-state index in [4.69, 9.17) is 17.3 Å². The third kappa shape index (κ3) is 2.91. The van der Waals surface area contributed by atoms with Crippen LogP contribution in [0.5, 0.6) is 0 Å². The fourth-order valence-corrected chi connectivity index (χ4v) is 3.17. The lowest BCUT2D eigenvalue weighted by atomic mass is 9.86. The highest BCUT2D eigenvalue weighted by atomic mass is 35.5. The molecule has 0 atom stereocenters. The van der Waals surface area contributed by atoms with E-state index in [9.17, 15) is 8.42 Å². The molecule has 17 heavy (non-hydrogen) atoms. The average molecular weight is 275 g/mol. The Bertz CT molecular complexity index is 512. The van der Waals surface area contributed by atoms with Crippen LogP contribution in [-0.2, 0) is 10.0 Å². The number of halogens is 1. The first-order valence-corrected chi connectivity index (χ1v) is 7.40. The number of hydrogen-bond donors (Lipinski definition) is 2. The maximum Gasteiger partial charge on any atom is 0.242 e. The minimum atomic E-state index is -3.51. The second-order valence-electron chi connectivity index (χ2n) is 4.33. The van der Waals surface area contributed by atoms with E-state index in [1.165, 1.54) is 24.6 Å². The highest BCUT2D eigenvalue weighted by Crippen LogP contribution is 2.27. The predicted molar refractivity (Wildman–Crippen MR) is 68.4 cm³/mol. The second-order valence-corrected chi connectivity index (χ2v) is 6.50. The summed E-state index contributed by atoms with van der Waals surface area (Å²) in [6.07, 6.45) is 3.38. The number of sulfonamides is 1. The van der Waals surface area contributed by atoms with Crippen molar-refractivity contribution in [2.45, 2.75) is 24.2 Å². The van der Waals surface area contributed by atoms with Crippen molar-refractivity contribution in [3.8, 4) is 0 Å². The second kappa shape index (κ2) is 4.84. The molecule has 4 nitrogen and oxygen atoms in total. The van der Waals surface area contributed by atoms with Gasteiger partial charge in [-0.15, -0.1) is 0 Å². The van der Waals surface area contributed by atoms with Crippen molar-refractivity contribution >= 4 is 27.3 Å². The lowest BCUT2D eigenvalue weighted by Gasteiger charge is -2.25. The van der Waals surface area contributed by atoms with Gasteiger partial charge in [-0.3, -0.25) is 0 Å². The molecule has 6 heteroatoms. The molecule has 1 aliphatic rings. The molecule has 1 fully saturated rings. The zero-order valence-electron chi connectivity index (χ0n) is 9.32. The molecule has 1 saturated carbocycles. The number of nitrogens with two attached hydrogens (primary N) is 1. The normalized spacial score (nSPS) is 16.8. The molecule has 0 aromatic heterocycles. The van der Waals surface area contributed by atoms with Gasteiger partial charge in [-0.25, -0.2) is 13.1 Å². The average Bonchev–Trinajstić information content (AvgIpc) is 2.13. The van der Waals surface area contributed by atoms with Crippen molar-refractivity contribution in [1.29, 1.82) is 0 Å². The molecule has 0 heterocycles. The van der Waals surface area contributed by atoms with Gasteiger partial charge in [-0.05, 0) is 37.0 Å². The fraction of sp³-hybridized carbons (Fsp3) is 0.455. The molecule has 1 aromatic carbocycles. The Labute approximate surface area is 106 Å². The summed E-state index contributed by atoms with van der Waals surface area (Å²) in [4.78, 5) is 0.0984. The van der Waals surface area contributed by atoms with Gasteiger partial charge in [-0.2, -0.15) is 0 Å². The van der Waals surface area contributed by atoms with Gasteiger partial charge in [-0.1, -0.05) is 18.0 Å². The molecule has 1 aromatic rings. The molecule has 0 saturated heterocycles. The van der Waals surface area contributed by atoms with E-state index in [0.717, 1.165) is 12.8 Å². The van der Waals surface area contributed by atoms with Gasteiger partial charge in [0.2, 0.25) is 10.0 Å². The Morgan fingerprint density at radius 2 is 2.12 bits per heavy atom. The van der Waals surface area contributed by atoms with E-state index in [2.05, 4.69) is 4.72 Å². The lowest BCUT2D eigenvalue weighted by Crippen LogP contribution is -2.32. The van der Waals surface area contributed by atoms with Crippen molar-refractivity contribution in [1.82, 2.24) is 4.72 Å². The predicted octanol–water partition coefficient (Wildman–Crippen LogP) is 2.00. The van der Waals surface area contributed by atoms with Gasteiger partial charge in [0.1, 0.15) is 4.90 Å². The Morgan fingerprint density at radius 1 is 1.41 bits per heavy atom. The van der Waals surface area contributed by atoms with Crippen LogP contribution in [0.15, 0.2) is 23.1 Å². The number of anilines is 1. The number of hydrogen-bond acceptors (Lipinski definition) is 3. The Balaban J connectivity index is 2.12. The summed E-state index contributed by atoms with van der Waals surface area (Å²) in [6.45, 7) is 0.490. The first-order chi connectivity index (χ1) is 7.99. The van der Waals surface area contributed by atoms with E-state index < -0.39 is 10.0 Å². The van der Waals surface area contributed by atoms with Gasteiger partial charge in [0.05, 0.1) is 5.69 Å². The van der Waals surface area contributed by atoms with Crippen LogP contribution in [0.3, 0.4) is 0 Å². The van der Waals surface area contributed by atoms with Crippen LogP contribution in [0.4, 0.5) is 5.69 Å². The fourth-order valence-electron chi connectivity index (χ4n) is 1.77. The Kier molecular flexibility index (Phi) is 3.61. The molecule has 0 spiro atoms. The molecule has 1 aliphatic carbocycles. The molecule has 3 N–H and O–H groups in total. The van der Waals surface area contributed by atoms with E-state index in [1.807, 2.05) is 0 Å². The summed E-state index contributed by atoms with van der Waals surface area (Å²) in [6, 6.07) is 4.40. The molecule has 2 rings (SSSR count). The van der Waals surface area contributed by atoms with Crippen LogP contribution in [0.2, 0.25) is 5.02 Å². The smallest absolute Gasteiger partial charge is 0.242 e. The first-order valence-electron chi connectivity index (χ1n) is 5.54. The molecule has 0 radical (unpaired) electrons. The molecule has 0 aliphatic heterocycles. The molecular formula is C11H15ClN2O2S. The third-order valence-electron chi connectivity index (χ3n) is 3.05.